The van der Waals surface area contributed by atoms with E-state index in [2.05, 4.69) is 47.2 Å². The van der Waals surface area contributed by atoms with Gasteiger partial charge in [-0.1, -0.05) is 12.1 Å². The van der Waals surface area contributed by atoms with Crippen LogP contribution in [0.1, 0.15) is 36.8 Å². The molecule has 0 atom stereocenters. The van der Waals surface area contributed by atoms with E-state index in [1.165, 1.54) is 16.8 Å². The highest BCUT2D eigenvalue weighted by Gasteiger charge is 2.44. The zero-order valence-electron chi connectivity index (χ0n) is 18.4. The number of carbonyl (C=O) groups is 1. The Morgan fingerprint density at radius 3 is 2.52 bits per heavy atom. The fourth-order valence-electron chi connectivity index (χ4n) is 4.92. The van der Waals surface area contributed by atoms with Crippen molar-refractivity contribution >= 4 is 17.3 Å². The number of nitrogens with one attached hydrogen (secondary N) is 1. The molecule has 31 heavy (non-hydrogen) atoms. The average molecular weight is 422 g/mol. The molecule has 2 heterocycles. The molecule has 2 aromatic rings. The van der Waals surface area contributed by atoms with Gasteiger partial charge in [-0.05, 0) is 56.0 Å². The van der Waals surface area contributed by atoms with Crippen molar-refractivity contribution in [3.63, 3.8) is 0 Å². The Bertz CT molecular complexity index is 976. The lowest BCUT2D eigenvalue weighted by atomic mass is 10.1. The van der Waals surface area contributed by atoms with E-state index >= 15 is 0 Å². The molecular weight excluding hydrogens is 390 g/mol. The molecule has 1 amide bonds. The second kappa shape index (κ2) is 8.08. The van der Waals surface area contributed by atoms with E-state index in [4.69, 9.17) is 9.47 Å². The molecule has 1 saturated heterocycles. The van der Waals surface area contributed by atoms with Crippen LogP contribution in [0.4, 0.5) is 11.4 Å². The number of fused-ring (bicyclic) bond motifs is 1. The first kappa shape index (κ1) is 20.2. The second-order valence-electron chi connectivity index (χ2n) is 9.01. The van der Waals surface area contributed by atoms with Crippen LogP contribution in [0.2, 0.25) is 0 Å². The fraction of sp³-hybridized carbons (Fsp3) is 0.480. The maximum Gasteiger partial charge on any atom is 0.251 e. The van der Waals surface area contributed by atoms with Crippen LogP contribution in [0.3, 0.4) is 0 Å². The van der Waals surface area contributed by atoms with E-state index in [1.807, 2.05) is 18.2 Å². The molecule has 2 aliphatic heterocycles. The van der Waals surface area contributed by atoms with Gasteiger partial charge >= 0.3 is 0 Å². The highest BCUT2D eigenvalue weighted by Crippen LogP contribution is 2.47. The van der Waals surface area contributed by atoms with Crippen molar-refractivity contribution in [1.82, 2.24) is 4.90 Å². The van der Waals surface area contributed by atoms with Gasteiger partial charge in [0, 0.05) is 56.5 Å². The summed E-state index contributed by atoms with van der Waals surface area (Å²) >= 11 is 0. The van der Waals surface area contributed by atoms with Crippen LogP contribution in [-0.4, -0.2) is 49.3 Å². The summed E-state index contributed by atoms with van der Waals surface area (Å²) in [5, 5.41) is 3.03. The van der Waals surface area contributed by atoms with Gasteiger partial charge in [0.2, 0.25) is 5.91 Å². The quantitative estimate of drug-likeness (QED) is 0.805. The van der Waals surface area contributed by atoms with Gasteiger partial charge in [0.25, 0.3) is 5.79 Å². The minimum absolute atomic E-state index is 0.00892. The summed E-state index contributed by atoms with van der Waals surface area (Å²) in [4.78, 5) is 17.3. The summed E-state index contributed by atoms with van der Waals surface area (Å²) in [6, 6.07) is 12.2. The SMILES string of the molecule is Cc1cccc(N2CCN(CC(=O)Nc3ccc4c(c3)OC3(CCCC3)O4)CC2)c1C. The summed E-state index contributed by atoms with van der Waals surface area (Å²) < 4.78 is 12.2. The van der Waals surface area contributed by atoms with Gasteiger partial charge in [0.05, 0.1) is 6.54 Å². The Kier molecular flexibility index (Phi) is 5.26. The van der Waals surface area contributed by atoms with E-state index in [-0.39, 0.29) is 5.91 Å². The van der Waals surface area contributed by atoms with Gasteiger partial charge in [-0.3, -0.25) is 9.69 Å². The van der Waals surface area contributed by atoms with Crippen LogP contribution >= 0.6 is 0 Å². The molecule has 6 nitrogen and oxygen atoms in total. The summed E-state index contributed by atoms with van der Waals surface area (Å²) in [5.74, 6) is 1.05. The monoisotopic (exact) mass is 421 g/mol. The molecule has 1 aliphatic carbocycles. The summed E-state index contributed by atoms with van der Waals surface area (Å²) in [6.45, 7) is 8.37. The summed E-state index contributed by atoms with van der Waals surface area (Å²) in [7, 11) is 0. The van der Waals surface area contributed by atoms with E-state index in [0.29, 0.717) is 6.54 Å². The second-order valence-corrected chi connectivity index (χ2v) is 9.01. The number of rotatable bonds is 4. The minimum atomic E-state index is -0.472. The summed E-state index contributed by atoms with van der Waals surface area (Å²) in [5.41, 5.74) is 4.73. The maximum atomic E-state index is 12.6. The minimum Gasteiger partial charge on any atom is -0.448 e. The molecule has 0 bridgehead atoms. The zero-order valence-corrected chi connectivity index (χ0v) is 18.4. The van der Waals surface area contributed by atoms with Crippen LogP contribution < -0.4 is 19.7 Å². The fourth-order valence-corrected chi connectivity index (χ4v) is 4.92. The first-order valence-electron chi connectivity index (χ1n) is 11.4. The van der Waals surface area contributed by atoms with Gasteiger partial charge in [0.1, 0.15) is 0 Å². The molecule has 2 fully saturated rings. The largest absolute Gasteiger partial charge is 0.448 e. The molecular formula is C25H31N3O3. The standard InChI is InChI=1S/C25H31N3O3/c1-18-6-5-7-21(19(18)2)28-14-12-27(13-15-28)17-24(29)26-20-8-9-22-23(16-20)31-25(30-22)10-3-4-11-25/h5-9,16H,3-4,10-15,17H2,1-2H3,(H,26,29). The highest BCUT2D eigenvalue weighted by molar-refractivity contribution is 5.92. The van der Waals surface area contributed by atoms with E-state index in [1.54, 1.807) is 0 Å². The van der Waals surface area contributed by atoms with Crippen LogP contribution in [-0.2, 0) is 4.79 Å². The molecule has 2 aromatic carbocycles. The van der Waals surface area contributed by atoms with Crippen molar-refractivity contribution in [1.29, 1.82) is 0 Å². The number of ether oxygens (including phenoxy) is 2. The van der Waals surface area contributed by atoms with Gasteiger partial charge < -0.3 is 19.7 Å². The molecule has 1 saturated carbocycles. The van der Waals surface area contributed by atoms with Crippen molar-refractivity contribution in [3.05, 3.63) is 47.5 Å². The Labute approximate surface area is 184 Å². The normalized spacial score (nSPS) is 19.7. The lowest BCUT2D eigenvalue weighted by Gasteiger charge is -2.36. The molecule has 1 N–H and O–H groups in total. The third-order valence-corrected chi connectivity index (χ3v) is 6.84. The van der Waals surface area contributed by atoms with E-state index in [0.717, 1.165) is 69.0 Å². The van der Waals surface area contributed by atoms with Crippen molar-refractivity contribution in [2.24, 2.45) is 0 Å². The summed E-state index contributed by atoms with van der Waals surface area (Å²) in [6.07, 6.45) is 4.12. The van der Waals surface area contributed by atoms with Gasteiger partial charge in [-0.25, -0.2) is 0 Å². The highest BCUT2D eigenvalue weighted by atomic mass is 16.7. The number of carbonyl (C=O) groups excluding carboxylic acids is 1. The number of hydrogen-bond acceptors (Lipinski definition) is 5. The average Bonchev–Trinajstić information content (AvgIpc) is 3.36. The molecule has 0 radical (unpaired) electrons. The van der Waals surface area contributed by atoms with Crippen LogP contribution in [0.5, 0.6) is 11.5 Å². The number of anilines is 2. The molecule has 1 spiro atoms. The third kappa shape index (κ3) is 4.09. The van der Waals surface area contributed by atoms with Crippen LogP contribution in [0.25, 0.3) is 0 Å². The smallest absolute Gasteiger partial charge is 0.251 e. The van der Waals surface area contributed by atoms with Crippen molar-refractivity contribution in [2.75, 3.05) is 42.9 Å². The van der Waals surface area contributed by atoms with Crippen molar-refractivity contribution < 1.29 is 14.3 Å². The van der Waals surface area contributed by atoms with E-state index in [9.17, 15) is 4.79 Å². The first-order valence-corrected chi connectivity index (χ1v) is 11.4. The Morgan fingerprint density at radius 1 is 1.00 bits per heavy atom. The Balaban J connectivity index is 1.14. The first-order chi connectivity index (χ1) is 15.0. The van der Waals surface area contributed by atoms with Crippen molar-refractivity contribution in [2.45, 2.75) is 45.3 Å². The Hall–Kier alpha value is -2.73. The molecule has 3 aliphatic rings. The molecule has 164 valence electrons. The van der Waals surface area contributed by atoms with E-state index < -0.39 is 5.79 Å². The lowest BCUT2D eigenvalue weighted by Crippen LogP contribution is -2.48. The number of nitrogens with zero attached hydrogens (tertiary/aromatic N) is 2. The van der Waals surface area contributed by atoms with Gasteiger partial charge in [-0.15, -0.1) is 0 Å². The molecule has 6 heteroatoms. The predicted molar refractivity (Wildman–Crippen MR) is 122 cm³/mol. The number of amides is 1. The topological polar surface area (TPSA) is 54.0 Å². The van der Waals surface area contributed by atoms with Gasteiger partial charge in [0.15, 0.2) is 11.5 Å². The molecule has 0 unspecified atom stereocenters. The number of piperazine rings is 1. The van der Waals surface area contributed by atoms with Gasteiger partial charge in [-0.2, -0.15) is 0 Å². The predicted octanol–water partition coefficient (Wildman–Crippen LogP) is 4.11. The molecule has 0 aromatic heterocycles. The lowest BCUT2D eigenvalue weighted by molar-refractivity contribution is -0.117. The van der Waals surface area contributed by atoms with Crippen molar-refractivity contribution in [3.8, 4) is 11.5 Å². The molecule has 5 rings (SSSR count). The number of aryl methyl sites for hydroxylation is 1. The third-order valence-electron chi connectivity index (χ3n) is 6.84. The zero-order chi connectivity index (χ0) is 21.4. The number of hydrogen-bond donors (Lipinski definition) is 1. The van der Waals surface area contributed by atoms with Crippen LogP contribution in [0.15, 0.2) is 36.4 Å². The number of benzene rings is 2. The van der Waals surface area contributed by atoms with Crippen LogP contribution in [0, 0.1) is 13.8 Å². The maximum absolute atomic E-state index is 12.6. The Morgan fingerprint density at radius 2 is 1.74 bits per heavy atom.